The molecule has 0 unspecified atom stereocenters. The predicted octanol–water partition coefficient (Wildman–Crippen LogP) is 2.02. The number of fused-ring (bicyclic) bond motifs is 2. The third-order valence-corrected chi connectivity index (χ3v) is 5.75. The molecule has 0 bridgehead atoms. The van der Waals surface area contributed by atoms with Gasteiger partial charge >= 0.3 is 0 Å². The summed E-state index contributed by atoms with van der Waals surface area (Å²) in [4.78, 5) is 38.9. The second-order valence-electron chi connectivity index (χ2n) is 6.50. The number of anilines is 1. The largest absolute Gasteiger partial charge is 0.302 e. The quantitative estimate of drug-likeness (QED) is 0.682. The zero-order chi connectivity index (χ0) is 18.1. The SMILES string of the molecule is Cc1nc2nc[nH]n2c(=O)c1CCC(=O)Nc1nc2c(s1)CCCCC2. The highest BCUT2D eigenvalue weighted by molar-refractivity contribution is 7.15. The van der Waals surface area contributed by atoms with Gasteiger partial charge in [-0.25, -0.2) is 15.0 Å². The van der Waals surface area contributed by atoms with Gasteiger partial charge in [0.05, 0.1) is 11.4 Å². The Kier molecular flexibility index (Phi) is 4.54. The number of hydrogen-bond donors (Lipinski definition) is 2. The van der Waals surface area contributed by atoms with Crippen LogP contribution in [0.2, 0.25) is 0 Å². The number of carbonyl (C=O) groups is 1. The molecule has 8 nitrogen and oxygen atoms in total. The summed E-state index contributed by atoms with van der Waals surface area (Å²) >= 11 is 1.57. The number of aryl methyl sites for hydroxylation is 3. The van der Waals surface area contributed by atoms with Gasteiger partial charge in [-0.05, 0) is 39.0 Å². The summed E-state index contributed by atoms with van der Waals surface area (Å²) in [5.41, 5.74) is 2.05. The minimum atomic E-state index is -0.209. The van der Waals surface area contributed by atoms with Gasteiger partial charge in [-0.1, -0.05) is 6.42 Å². The van der Waals surface area contributed by atoms with E-state index in [0.717, 1.165) is 25.0 Å². The van der Waals surface area contributed by atoms with Gasteiger partial charge in [0.2, 0.25) is 5.91 Å². The molecule has 2 N–H and O–H groups in total. The van der Waals surface area contributed by atoms with E-state index in [9.17, 15) is 9.59 Å². The number of rotatable bonds is 4. The van der Waals surface area contributed by atoms with Crippen LogP contribution in [0.4, 0.5) is 5.13 Å². The highest BCUT2D eigenvalue weighted by atomic mass is 32.1. The zero-order valence-corrected chi connectivity index (χ0v) is 15.4. The van der Waals surface area contributed by atoms with Gasteiger partial charge in [-0.15, -0.1) is 11.3 Å². The number of nitrogens with one attached hydrogen (secondary N) is 2. The molecular formula is C17H20N6O2S. The Morgan fingerprint density at radius 2 is 2.15 bits per heavy atom. The molecule has 26 heavy (non-hydrogen) atoms. The minimum Gasteiger partial charge on any atom is -0.302 e. The van der Waals surface area contributed by atoms with Crippen LogP contribution in [-0.2, 0) is 24.1 Å². The topological polar surface area (TPSA) is 105 Å². The Hall–Kier alpha value is -2.55. The molecule has 3 aromatic rings. The minimum absolute atomic E-state index is 0.137. The molecule has 3 heterocycles. The van der Waals surface area contributed by atoms with E-state index in [2.05, 4.69) is 25.4 Å². The smallest absolute Gasteiger partial charge is 0.277 e. The molecule has 0 aromatic carbocycles. The first-order chi connectivity index (χ1) is 12.6. The number of thiazole rings is 1. The summed E-state index contributed by atoms with van der Waals surface area (Å²) in [7, 11) is 0. The summed E-state index contributed by atoms with van der Waals surface area (Å²) in [5.74, 6) is 0.201. The monoisotopic (exact) mass is 372 g/mol. The second kappa shape index (κ2) is 6.99. The van der Waals surface area contributed by atoms with Crippen LogP contribution >= 0.6 is 11.3 Å². The second-order valence-corrected chi connectivity index (χ2v) is 7.58. The molecule has 0 atom stereocenters. The molecule has 1 aliphatic carbocycles. The Morgan fingerprint density at radius 3 is 3.04 bits per heavy atom. The molecule has 1 amide bonds. The van der Waals surface area contributed by atoms with Crippen molar-refractivity contribution >= 4 is 28.2 Å². The lowest BCUT2D eigenvalue weighted by Crippen LogP contribution is -2.23. The van der Waals surface area contributed by atoms with Gasteiger partial charge in [0.25, 0.3) is 11.3 Å². The average molecular weight is 372 g/mol. The lowest BCUT2D eigenvalue weighted by Gasteiger charge is -2.05. The number of hydrogen-bond acceptors (Lipinski definition) is 6. The molecule has 1 aliphatic rings. The van der Waals surface area contributed by atoms with Crippen molar-refractivity contribution in [3.8, 4) is 0 Å². The van der Waals surface area contributed by atoms with Crippen LogP contribution in [-0.4, -0.2) is 30.5 Å². The molecule has 0 spiro atoms. The van der Waals surface area contributed by atoms with Gasteiger partial charge in [-0.2, -0.15) is 4.52 Å². The normalized spacial score (nSPS) is 14.2. The fourth-order valence-corrected chi connectivity index (χ4v) is 4.35. The molecule has 0 aliphatic heterocycles. The van der Waals surface area contributed by atoms with Gasteiger partial charge in [0.1, 0.15) is 6.33 Å². The Morgan fingerprint density at radius 1 is 1.31 bits per heavy atom. The van der Waals surface area contributed by atoms with E-state index in [4.69, 9.17) is 0 Å². The van der Waals surface area contributed by atoms with Crippen molar-refractivity contribution in [2.24, 2.45) is 0 Å². The van der Waals surface area contributed by atoms with Crippen LogP contribution in [0.25, 0.3) is 5.78 Å². The molecule has 9 heteroatoms. The maximum Gasteiger partial charge on any atom is 0.277 e. The van der Waals surface area contributed by atoms with Gasteiger partial charge in [0.15, 0.2) is 5.13 Å². The van der Waals surface area contributed by atoms with Crippen molar-refractivity contribution in [1.29, 1.82) is 0 Å². The molecule has 0 saturated carbocycles. The molecule has 4 rings (SSSR count). The van der Waals surface area contributed by atoms with E-state index in [0.29, 0.717) is 28.6 Å². The van der Waals surface area contributed by atoms with Crippen LogP contribution in [0.1, 0.15) is 47.5 Å². The summed E-state index contributed by atoms with van der Waals surface area (Å²) < 4.78 is 1.29. The van der Waals surface area contributed by atoms with E-state index in [1.165, 1.54) is 28.6 Å². The summed E-state index contributed by atoms with van der Waals surface area (Å²) in [6, 6.07) is 0. The highest BCUT2D eigenvalue weighted by Gasteiger charge is 2.17. The molecular weight excluding hydrogens is 352 g/mol. The first-order valence-electron chi connectivity index (χ1n) is 8.82. The van der Waals surface area contributed by atoms with Crippen LogP contribution in [0.15, 0.2) is 11.1 Å². The lowest BCUT2D eigenvalue weighted by atomic mass is 10.1. The van der Waals surface area contributed by atoms with Crippen molar-refractivity contribution in [2.45, 2.75) is 51.9 Å². The van der Waals surface area contributed by atoms with E-state index < -0.39 is 0 Å². The van der Waals surface area contributed by atoms with Crippen molar-refractivity contribution in [1.82, 2.24) is 24.6 Å². The lowest BCUT2D eigenvalue weighted by molar-refractivity contribution is -0.116. The van der Waals surface area contributed by atoms with E-state index in [1.807, 2.05) is 0 Å². The summed E-state index contributed by atoms with van der Waals surface area (Å²) in [6.45, 7) is 1.77. The Labute approximate surface area is 153 Å². The van der Waals surface area contributed by atoms with Gasteiger partial charge in [-0.3, -0.25) is 14.7 Å². The molecule has 136 valence electrons. The summed E-state index contributed by atoms with van der Waals surface area (Å²) in [5, 5.41) is 6.28. The van der Waals surface area contributed by atoms with E-state index in [1.54, 1.807) is 18.3 Å². The molecule has 3 aromatic heterocycles. The number of nitrogens with zero attached hydrogens (tertiary/aromatic N) is 4. The van der Waals surface area contributed by atoms with Crippen LogP contribution < -0.4 is 10.9 Å². The fraction of sp³-hybridized carbons (Fsp3) is 0.471. The number of aromatic amines is 1. The third kappa shape index (κ3) is 3.26. The Balaban J connectivity index is 1.44. The number of H-pyrrole nitrogens is 1. The first kappa shape index (κ1) is 16.9. The number of aromatic nitrogens is 5. The van der Waals surface area contributed by atoms with Gasteiger partial charge in [0, 0.05) is 16.9 Å². The molecule has 0 fully saturated rings. The predicted molar refractivity (Wildman–Crippen MR) is 98.7 cm³/mol. The van der Waals surface area contributed by atoms with Crippen molar-refractivity contribution in [3.05, 3.63) is 38.5 Å². The third-order valence-electron chi connectivity index (χ3n) is 4.68. The van der Waals surface area contributed by atoms with Gasteiger partial charge < -0.3 is 5.32 Å². The van der Waals surface area contributed by atoms with Crippen LogP contribution in [0, 0.1) is 6.92 Å². The van der Waals surface area contributed by atoms with Crippen molar-refractivity contribution in [3.63, 3.8) is 0 Å². The van der Waals surface area contributed by atoms with Crippen LogP contribution in [0.3, 0.4) is 0 Å². The zero-order valence-electron chi connectivity index (χ0n) is 14.5. The fourth-order valence-electron chi connectivity index (χ4n) is 3.29. The van der Waals surface area contributed by atoms with Crippen molar-refractivity contribution in [2.75, 3.05) is 5.32 Å². The Bertz CT molecular complexity index is 995. The molecule has 0 radical (unpaired) electrons. The first-order valence-corrected chi connectivity index (χ1v) is 9.63. The van der Waals surface area contributed by atoms with Crippen molar-refractivity contribution < 1.29 is 4.79 Å². The highest BCUT2D eigenvalue weighted by Crippen LogP contribution is 2.29. The average Bonchev–Trinajstić information content (AvgIpc) is 3.16. The maximum atomic E-state index is 12.5. The van der Waals surface area contributed by atoms with Crippen LogP contribution in [0.5, 0.6) is 0 Å². The summed E-state index contributed by atoms with van der Waals surface area (Å²) in [6.07, 6.45) is 7.60. The maximum absolute atomic E-state index is 12.5. The molecule has 0 saturated heterocycles. The number of carbonyl (C=O) groups excluding carboxylic acids is 1. The standard InChI is InChI=1S/C17H20N6O2S/c1-10-11(15(25)23-16(20-10)18-9-19-23)7-8-14(24)22-17-21-12-5-3-2-4-6-13(12)26-17/h9H,2-8H2,1H3,(H,18,19,20)(H,21,22,24). The van der Waals surface area contributed by atoms with E-state index >= 15 is 0 Å². The number of amides is 1. The van der Waals surface area contributed by atoms with E-state index in [-0.39, 0.29) is 17.9 Å².